The van der Waals surface area contributed by atoms with Gasteiger partial charge in [-0.3, -0.25) is 9.59 Å². The van der Waals surface area contributed by atoms with E-state index in [9.17, 15) is 9.59 Å². The summed E-state index contributed by atoms with van der Waals surface area (Å²) < 4.78 is 0. The summed E-state index contributed by atoms with van der Waals surface area (Å²) in [6.07, 6.45) is 6.04. The van der Waals surface area contributed by atoms with Gasteiger partial charge in [0.05, 0.1) is 5.92 Å². The van der Waals surface area contributed by atoms with Crippen molar-refractivity contribution in [3.63, 3.8) is 0 Å². The van der Waals surface area contributed by atoms with Gasteiger partial charge >= 0.3 is 5.97 Å². The monoisotopic (exact) mass is 255 g/mol. The zero-order valence-corrected chi connectivity index (χ0v) is 11.5. The summed E-state index contributed by atoms with van der Waals surface area (Å²) in [6.45, 7) is 5.59. The van der Waals surface area contributed by atoms with Crippen LogP contribution in [0, 0.1) is 11.8 Å². The molecule has 1 atom stereocenters. The number of carboxylic acid groups (broad SMARTS) is 1. The highest BCUT2D eigenvalue weighted by molar-refractivity contribution is 5.86. The minimum absolute atomic E-state index is 0.00424. The molecule has 1 aliphatic rings. The number of unbranched alkanes of at least 4 members (excludes halogenated alkanes) is 3. The molecule has 18 heavy (non-hydrogen) atoms. The fourth-order valence-electron chi connectivity index (χ4n) is 2.36. The Balaban J connectivity index is 2.09. The summed E-state index contributed by atoms with van der Waals surface area (Å²) in [7, 11) is 0. The lowest BCUT2D eigenvalue weighted by Gasteiger charge is -2.15. The minimum Gasteiger partial charge on any atom is -0.481 e. The summed E-state index contributed by atoms with van der Waals surface area (Å²) in [4.78, 5) is 24.1. The molecule has 0 saturated carbocycles. The van der Waals surface area contributed by atoms with Crippen molar-refractivity contribution in [3.05, 3.63) is 0 Å². The first-order valence-corrected chi connectivity index (χ1v) is 7.01. The normalized spacial score (nSPS) is 19.8. The van der Waals surface area contributed by atoms with E-state index in [1.165, 1.54) is 19.3 Å². The van der Waals surface area contributed by atoms with Crippen LogP contribution in [0.5, 0.6) is 0 Å². The van der Waals surface area contributed by atoms with Crippen molar-refractivity contribution >= 4 is 11.9 Å². The van der Waals surface area contributed by atoms with E-state index in [0.717, 1.165) is 25.3 Å². The number of hydrogen-bond acceptors (Lipinski definition) is 2. The molecule has 0 radical (unpaired) electrons. The number of rotatable bonds is 8. The van der Waals surface area contributed by atoms with Crippen LogP contribution in [0.1, 0.15) is 52.4 Å². The van der Waals surface area contributed by atoms with Crippen LogP contribution in [-0.2, 0) is 9.59 Å². The zero-order chi connectivity index (χ0) is 13.5. The van der Waals surface area contributed by atoms with Crippen molar-refractivity contribution < 1.29 is 14.7 Å². The van der Waals surface area contributed by atoms with Crippen molar-refractivity contribution in [3.8, 4) is 0 Å². The molecule has 0 bridgehead atoms. The van der Waals surface area contributed by atoms with Crippen LogP contribution >= 0.6 is 0 Å². The second kappa shape index (κ2) is 7.39. The quantitative estimate of drug-likeness (QED) is 0.678. The van der Waals surface area contributed by atoms with E-state index in [1.54, 1.807) is 4.90 Å². The van der Waals surface area contributed by atoms with E-state index >= 15 is 0 Å². The first-order valence-electron chi connectivity index (χ1n) is 7.01. The van der Waals surface area contributed by atoms with Gasteiger partial charge in [-0.15, -0.1) is 0 Å². The third kappa shape index (κ3) is 5.07. The molecule has 1 saturated heterocycles. The fourth-order valence-corrected chi connectivity index (χ4v) is 2.36. The highest BCUT2D eigenvalue weighted by atomic mass is 16.4. The van der Waals surface area contributed by atoms with E-state index in [-0.39, 0.29) is 12.3 Å². The van der Waals surface area contributed by atoms with Crippen LogP contribution in [-0.4, -0.2) is 35.0 Å². The number of carbonyl (C=O) groups excluding carboxylic acids is 1. The standard InChI is InChI=1S/C14H25NO3/c1-11(2)7-5-3-4-6-8-15-10-12(14(17)18)9-13(15)16/h11-12H,3-10H2,1-2H3,(H,17,18)/t12-/m0/s1. The maximum absolute atomic E-state index is 11.6. The van der Waals surface area contributed by atoms with Gasteiger partial charge in [0.25, 0.3) is 0 Å². The number of aliphatic carboxylic acids is 1. The van der Waals surface area contributed by atoms with E-state index in [1.807, 2.05) is 0 Å². The summed E-state index contributed by atoms with van der Waals surface area (Å²) in [5, 5.41) is 8.86. The number of carboxylic acids is 1. The lowest BCUT2D eigenvalue weighted by Crippen LogP contribution is -2.27. The number of carbonyl (C=O) groups is 2. The summed E-state index contributed by atoms with van der Waals surface area (Å²) in [5.74, 6) is -0.563. The number of amides is 1. The van der Waals surface area contributed by atoms with Crippen molar-refractivity contribution in [2.45, 2.75) is 52.4 Å². The Hall–Kier alpha value is -1.06. The lowest BCUT2D eigenvalue weighted by atomic mass is 10.0. The molecule has 1 aliphatic heterocycles. The summed E-state index contributed by atoms with van der Waals surface area (Å²) in [5.41, 5.74) is 0. The Morgan fingerprint density at radius 3 is 2.56 bits per heavy atom. The Bertz CT molecular complexity index is 289. The average Bonchev–Trinajstić information content (AvgIpc) is 2.65. The number of likely N-dealkylation sites (tertiary alicyclic amines) is 1. The molecule has 1 N–H and O–H groups in total. The molecule has 4 nitrogen and oxygen atoms in total. The molecule has 0 aromatic rings. The largest absolute Gasteiger partial charge is 0.481 e. The predicted molar refractivity (Wildman–Crippen MR) is 70.2 cm³/mol. The first-order chi connectivity index (χ1) is 8.50. The van der Waals surface area contributed by atoms with Crippen molar-refractivity contribution in [1.82, 2.24) is 4.90 Å². The van der Waals surface area contributed by atoms with Gasteiger partial charge < -0.3 is 10.0 Å². The maximum Gasteiger partial charge on any atom is 0.308 e. The fraction of sp³-hybridized carbons (Fsp3) is 0.857. The van der Waals surface area contributed by atoms with Crippen LogP contribution in [0.25, 0.3) is 0 Å². The molecule has 0 unspecified atom stereocenters. The maximum atomic E-state index is 11.6. The zero-order valence-electron chi connectivity index (χ0n) is 11.5. The highest BCUT2D eigenvalue weighted by Gasteiger charge is 2.33. The van der Waals surface area contributed by atoms with E-state index in [2.05, 4.69) is 13.8 Å². The molecule has 1 fully saturated rings. The van der Waals surface area contributed by atoms with Gasteiger partial charge in [-0.25, -0.2) is 0 Å². The molecular formula is C14H25NO3. The van der Waals surface area contributed by atoms with Crippen LogP contribution in [0.15, 0.2) is 0 Å². The highest BCUT2D eigenvalue weighted by Crippen LogP contribution is 2.19. The molecule has 0 aliphatic carbocycles. The molecule has 0 aromatic carbocycles. The SMILES string of the molecule is CC(C)CCCCCCN1C[C@@H](C(=O)O)CC1=O. The predicted octanol–water partition coefficient (Wildman–Crippen LogP) is 2.53. The molecule has 1 rings (SSSR count). The summed E-state index contributed by atoms with van der Waals surface area (Å²) in [6, 6.07) is 0. The Morgan fingerprint density at radius 1 is 1.33 bits per heavy atom. The number of hydrogen-bond donors (Lipinski definition) is 1. The molecule has 4 heteroatoms. The molecule has 104 valence electrons. The van der Waals surface area contributed by atoms with E-state index < -0.39 is 11.9 Å². The van der Waals surface area contributed by atoms with Gasteiger partial charge in [0, 0.05) is 19.5 Å². The second-order valence-electron chi connectivity index (χ2n) is 5.68. The van der Waals surface area contributed by atoms with Gasteiger partial charge in [-0.05, 0) is 12.3 Å². The summed E-state index contributed by atoms with van der Waals surface area (Å²) >= 11 is 0. The Labute approximate surface area is 109 Å². The molecule has 0 aromatic heterocycles. The Kier molecular flexibility index (Phi) is 6.16. The van der Waals surface area contributed by atoms with Crippen LogP contribution < -0.4 is 0 Å². The first kappa shape index (κ1) is 15.0. The lowest BCUT2D eigenvalue weighted by molar-refractivity contribution is -0.141. The molecule has 1 amide bonds. The van der Waals surface area contributed by atoms with Gasteiger partial charge in [0.15, 0.2) is 0 Å². The molecule has 1 heterocycles. The van der Waals surface area contributed by atoms with E-state index in [4.69, 9.17) is 5.11 Å². The van der Waals surface area contributed by atoms with Crippen LogP contribution in [0.3, 0.4) is 0 Å². The van der Waals surface area contributed by atoms with Crippen LogP contribution in [0.2, 0.25) is 0 Å². The van der Waals surface area contributed by atoms with Gasteiger partial charge in [0.2, 0.25) is 5.91 Å². The number of nitrogens with zero attached hydrogens (tertiary/aromatic N) is 1. The van der Waals surface area contributed by atoms with Crippen LogP contribution in [0.4, 0.5) is 0 Å². The smallest absolute Gasteiger partial charge is 0.308 e. The third-order valence-corrected chi connectivity index (χ3v) is 3.52. The van der Waals surface area contributed by atoms with Crippen molar-refractivity contribution in [2.75, 3.05) is 13.1 Å². The molecule has 0 spiro atoms. The van der Waals surface area contributed by atoms with Crippen molar-refractivity contribution in [2.24, 2.45) is 11.8 Å². The van der Waals surface area contributed by atoms with Gasteiger partial charge in [-0.1, -0.05) is 39.5 Å². The second-order valence-corrected chi connectivity index (χ2v) is 5.68. The minimum atomic E-state index is -0.845. The Morgan fingerprint density at radius 2 is 2.00 bits per heavy atom. The molecular weight excluding hydrogens is 230 g/mol. The van der Waals surface area contributed by atoms with Gasteiger partial charge in [0.1, 0.15) is 0 Å². The average molecular weight is 255 g/mol. The third-order valence-electron chi connectivity index (χ3n) is 3.52. The topological polar surface area (TPSA) is 57.6 Å². The van der Waals surface area contributed by atoms with Crippen molar-refractivity contribution in [1.29, 1.82) is 0 Å². The van der Waals surface area contributed by atoms with E-state index in [0.29, 0.717) is 6.54 Å². The van der Waals surface area contributed by atoms with Gasteiger partial charge in [-0.2, -0.15) is 0 Å².